The highest BCUT2D eigenvalue weighted by Gasteiger charge is 2.26. The lowest BCUT2D eigenvalue weighted by Gasteiger charge is -2.36. The minimum Gasteiger partial charge on any atom is -0.379 e. The zero-order chi connectivity index (χ0) is 16.8. The van der Waals surface area contributed by atoms with Crippen LogP contribution in [0.3, 0.4) is 0 Å². The normalized spacial score (nSPS) is 31.0. The lowest BCUT2D eigenvalue weighted by Crippen LogP contribution is -2.48. The predicted molar refractivity (Wildman–Crippen MR) is 96.0 cm³/mol. The van der Waals surface area contributed by atoms with Crippen molar-refractivity contribution in [1.82, 2.24) is 15.1 Å². The molecule has 24 heavy (non-hydrogen) atoms. The van der Waals surface area contributed by atoms with Crippen molar-refractivity contribution in [1.29, 1.82) is 0 Å². The molecule has 138 valence electrons. The Balaban J connectivity index is 1.33. The van der Waals surface area contributed by atoms with E-state index in [0.29, 0.717) is 18.5 Å². The Hall–Kier alpha value is -0.650. The molecule has 5 nitrogen and oxygen atoms in total. The van der Waals surface area contributed by atoms with Crippen molar-refractivity contribution in [3.63, 3.8) is 0 Å². The molecule has 2 atom stereocenters. The van der Waals surface area contributed by atoms with E-state index in [1.54, 1.807) is 0 Å². The maximum atomic E-state index is 12.3. The van der Waals surface area contributed by atoms with Gasteiger partial charge in [-0.1, -0.05) is 19.8 Å². The highest BCUT2D eigenvalue weighted by molar-refractivity contribution is 5.78. The van der Waals surface area contributed by atoms with Crippen LogP contribution in [0.5, 0.6) is 0 Å². The Labute approximate surface area is 147 Å². The molecule has 0 spiro atoms. The first-order chi connectivity index (χ1) is 11.7. The molecule has 0 aromatic rings. The van der Waals surface area contributed by atoms with Crippen molar-refractivity contribution in [2.24, 2.45) is 11.8 Å². The van der Waals surface area contributed by atoms with Gasteiger partial charge in [0.15, 0.2) is 0 Å². The van der Waals surface area contributed by atoms with Crippen LogP contribution in [0.2, 0.25) is 0 Å². The van der Waals surface area contributed by atoms with Gasteiger partial charge in [-0.3, -0.25) is 14.6 Å². The van der Waals surface area contributed by atoms with E-state index in [1.165, 1.54) is 38.6 Å². The Morgan fingerprint density at radius 1 is 1.00 bits per heavy atom. The average Bonchev–Trinajstić information content (AvgIpc) is 2.60. The Morgan fingerprint density at radius 3 is 2.42 bits per heavy atom. The van der Waals surface area contributed by atoms with E-state index in [4.69, 9.17) is 4.74 Å². The van der Waals surface area contributed by atoms with Gasteiger partial charge in [-0.2, -0.15) is 0 Å². The summed E-state index contributed by atoms with van der Waals surface area (Å²) in [5.41, 5.74) is 0. The maximum absolute atomic E-state index is 12.3. The molecule has 2 aliphatic heterocycles. The molecule has 2 unspecified atom stereocenters. The van der Waals surface area contributed by atoms with Gasteiger partial charge < -0.3 is 10.1 Å². The van der Waals surface area contributed by atoms with Gasteiger partial charge in [0.1, 0.15) is 0 Å². The third kappa shape index (κ3) is 5.43. The van der Waals surface area contributed by atoms with Crippen LogP contribution in [-0.2, 0) is 9.53 Å². The summed E-state index contributed by atoms with van der Waals surface area (Å²) in [5, 5.41) is 3.29. The topological polar surface area (TPSA) is 44.8 Å². The maximum Gasteiger partial charge on any atom is 0.234 e. The number of hydrogen-bond acceptors (Lipinski definition) is 4. The molecule has 0 aromatic carbocycles. The summed E-state index contributed by atoms with van der Waals surface area (Å²) in [6.45, 7) is 10.2. The summed E-state index contributed by atoms with van der Waals surface area (Å²) in [7, 11) is 0. The van der Waals surface area contributed by atoms with Crippen LogP contribution < -0.4 is 5.32 Å². The van der Waals surface area contributed by atoms with Crippen LogP contribution in [0.1, 0.15) is 45.4 Å². The number of amides is 1. The third-order valence-corrected chi connectivity index (χ3v) is 6.15. The van der Waals surface area contributed by atoms with Crippen molar-refractivity contribution in [2.45, 2.75) is 51.5 Å². The van der Waals surface area contributed by atoms with Gasteiger partial charge in [-0.15, -0.1) is 0 Å². The molecule has 1 saturated carbocycles. The van der Waals surface area contributed by atoms with E-state index >= 15 is 0 Å². The first-order valence-corrected chi connectivity index (χ1v) is 10.0. The second kappa shape index (κ2) is 9.16. The second-order valence-electron chi connectivity index (χ2n) is 8.07. The molecule has 2 saturated heterocycles. The molecule has 0 aromatic heterocycles. The van der Waals surface area contributed by atoms with Gasteiger partial charge in [-0.05, 0) is 50.6 Å². The van der Waals surface area contributed by atoms with Gasteiger partial charge in [0.25, 0.3) is 0 Å². The molecule has 0 bridgehead atoms. The van der Waals surface area contributed by atoms with Crippen molar-refractivity contribution in [3.05, 3.63) is 0 Å². The predicted octanol–water partition coefficient (Wildman–Crippen LogP) is 1.73. The number of rotatable bonds is 5. The zero-order valence-electron chi connectivity index (χ0n) is 15.3. The molecule has 5 heteroatoms. The van der Waals surface area contributed by atoms with Gasteiger partial charge in [0, 0.05) is 25.7 Å². The van der Waals surface area contributed by atoms with Crippen molar-refractivity contribution < 1.29 is 9.53 Å². The largest absolute Gasteiger partial charge is 0.379 e. The number of piperidine rings is 1. The molecule has 1 N–H and O–H groups in total. The van der Waals surface area contributed by atoms with E-state index in [2.05, 4.69) is 22.0 Å². The molecule has 0 radical (unpaired) electrons. The van der Waals surface area contributed by atoms with Crippen molar-refractivity contribution >= 4 is 5.91 Å². The van der Waals surface area contributed by atoms with Crippen LogP contribution in [0, 0.1) is 11.8 Å². The minimum atomic E-state index is 0.236. The Kier molecular flexibility index (Phi) is 6.93. The molecule has 2 heterocycles. The second-order valence-corrected chi connectivity index (χ2v) is 8.07. The molecule has 3 aliphatic rings. The van der Waals surface area contributed by atoms with Gasteiger partial charge in [-0.25, -0.2) is 0 Å². The summed E-state index contributed by atoms with van der Waals surface area (Å²) in [5.74, 6) is 1.67. The van der Waals surface area contributed by atoms with Gasteiger partial charge >= 0.3 is 0 Å². The number of morpholine rings is 1. The SMILES string of the molecule is CC1CCCCC1NC(=O)CN1CCC(CN2CCOCC2)CC1. The standard InChI is InChI=1S/C19H35N3O2/c1-16-4-2-3-5-18(16)20-19(23)15-21-8-6-17(7-9-21)14-22-10-12-24-13-11-22/h16-18H,2-15H2,1H3,(H,20,23). The van der Waals surface area contributed by atoms with Crippen LogP contribution in [0.4, 0.5) is 0 Å². The van der Waals surface area contributed by atoms with Crippen LogP contribution in [-0.4, -0.2) is 74.2 Å². The van der Waals surface area contributed by atoms with Crippen molar-refractivity contribution in [2.75, 3.05) is 52.5 Å². The molecule has 1 aliphatic carbocycles. The summed E-state index contributed by atoms with van der Waals surface area (Å²) in [6.07, 6.45) is 7.47. The fourth-order valence-corrected chi connectivity index (χ4v) is 4.46. The summed E-state index contributed by atoms with van der Waals surface area (Å²) >= 11 is 0. The van der Waals surface area contributed by atoms with E-state index in [-0.39, 0.29) is 5.91 Å². The molecule has 3 fully saturated rings. The van der Waals surface area contributed by atoms with Crippen LogP contribution >= 0.6 is 0 Å². The molecular formula is C19H35N3O2. The number of ether oxygens (including phenoxy) is 1. The number of nitrogens with one attached hydrogen (secondary N) is 1. The minimum absolute atomic E-state index is 0.236. The number of nitrogens with zero attached hydrogens (tertiary/aromatic N) is 2. The molecule has 1 amide bonds. The van der Waals surface area contributed by atoms with Gasteiger partial charge in [0.05, 0.1) is 19.8 Å². The fraction of sp³-hybridized carbons (Fsp3) is 0.947. The number of likely N-dealkylation sites (tertiary alicyclic amines) is 1. The van der Waals surface area contributed by atoms with Crippen LogP contribution in [0.25, 0.3) is 0 Å². The van der Waals surface area contributed by atoms with E-state index < -0.39 is 0 Å². The summed E-state index contributed by atoms with van der Waals surface area (Å²) in [4.78, 5) is 17.2. The first-order valence-electron chi connectivity index (χ1n) is 10.0. The quantitative estimate of drug-likeness (QED) is 0.830. The monoisotopic (exact) mass is 337 g/mol. The van der Waals surface area contributed by atoms with E-state index in [0.717, 1.165) is 51.7 Å². The number of carbonyl (C=O) groups excluding carboxylic acids is 1. The Bertz CT molecular complexity index is 390. The lowest BCUT2D eigenvalue weighted by molar-refractivity contribution is -0.123. The summed E-state index contributed by atoms with van der Waals surface area (Å²) < 4.78 is 5.43. The zero-order valence-corrected chi connectivity index (χ0v) is 15.3. The molecular weight excluding hydrogens is 302 g/mol. The first kappa shape index (κ1) is 18.2. The fourth-order valence-electron chi connectivity index (χ4n) is 4.46. The van der Waals surface area contributed by atoms with E-state index in [9.17, 15) is 4.79 Å². The highest BCUT2D eigenvalue weighted by Crippen LogP contribution is 2.24. The van der Waals surface area contributed by atoms with Crippen molar-refractivity contribution in [3.8, 4) is 0 Å². The number of carbonyl (C=O) groups is 1. The smallest absolute Gasteiger partial charge is 0.234 e. The third-order valence-electron chi connectivity index (χ3n) is 6.15. The van der Waals surface area contributed by atoms with Gasteiger partial charge in [0.2, 0.25) is 5.91 Å². The average molecular weight is 338 g/mol. The lowest BCUT2D eigenvalue weighted by atomic mass is 9.86. The molecule has 3 rings (SSSR count). The van der Waals surface area contributed by atoms with Crippen LogP contribution in [0.15, 0.2) is 0 Å². The van der Waals surface area contributed by atoms with E-state index in [1.807, 2.05) is 0 Å². The Morgan fingerprint density at radius 2 is 1.71 bits per heavy atom. The number of hydrogen-bond donors (Lipinski definition) is 1. The highest BCUT2D eigenvalue weighted by atomic mass is 16.5. The summed E-state index contributed by atoms with van der Waals surface area (Å²) in [6, 6.07) is 0.408.